The summed E-state index contributed by atoms with van der Waals surface area (Å²) in [5, 5.41) is 0. The number of rotatable bonds is 5. The van der Waals surface area contributed by atoms with Crippen LogP contribution in [-0.2, 0) is 13.1 Å². The summed E-state index contributed by atoms with van der Waals surface area (Å²) in [6.45, 7) is 6.26. The van der Waals surface area contributed by atoms with Crippen LogP contribution in [-0.4, -0.2) is 18.5 Å². The van der Waals surface area contributed by atoms with Gasteiger partial charge in [0.25, 0.3) is 0 Å². The van der Waals surface area contributed by atoms with Crippen LogP contribution in [0.2, 0.25) is 0 Å². The second kappa shape index (κ2) is 5.17. The molecule has 0 atom stereocenters. The quantitative estimate of drug-likeness (QED) is 0.728. The highest BCUT2D eigenvalue weighted by Crippen LogP contribution is 2.16. The maximum Gasteiger partial charge on any atom is 0.0328 e. The Morgan fingerprint density at radius 1 is 1.54 bits per heavy atom. The first kappa shape index (κ1) is 10.4. The highest BCUT2D eigenvalue weighted by molar-refractivity contribution is 7.11. The maximum absolute atomic E-state index is 5.53. The molecule has 0 bridgehead atoms. The summed E-state index contributed by atoms with van der Waals surface area (Å²) in [4.78, 5) is 4.84. The van der Waals surface area contributed by atoms with Gasteiger partial charge in [-0.15, -0.1) is 17.9 Å². The van der Waals surface area contributed by atoms with Crippen molar-refractivity contribution in [1.82, 2.24) is 4.90 Å². The Morgan fingerprint density at radius 3 is 2.77 bits per heavy atom. The monoisotopic (exact) mass is 196 g/mol. The molecule has 3 heteroatoms. The van der Waals surface area contributed by atoms with Crippen molar-refractivity contribution in [2.45, 2.75) is 13.1 Å². The Balaban J connectivity index is 2.48. The van der Waals surface area contributed by atoms with Crippen molar-refractivity contribution in [2.75, 3.05) is 13.6 Å². The van der Waals surface area contributed by atoms with E-state index in [1.54, 1.807) is 11.3 Å². The van der Waals surface area contributed by atoms with Crippen molar-refractivity contribution in [2.24, 2.45) is 5.73 Å². The van der Waals surface area contributed by atoms with Crippen LogP contribution in [0.3, 0.4) is 0 Å². The molecule has 1 rings (SSSR count). The number of hydrogen-bond donors (Lipinski definition) is 1. The molecular weight excluding hydrogens is 180 g/mol. The number of nitrogens with two attached hydrogens (primary N) is 1. The standard InChI is InChI=1S/C10H16N2S/c1-3-6-12(2)8-10-5-4-9(7-11)13-10/h3-5H,1,6-8,11H2,2H3. The third kappa shape index (κ3) is 3.30. The lowest BCUT2D eigenvalue weighted by molar-refractivity contribution is 0.367. The molecule has 0 aliphatic carbocycles. The van der Waals surface area contributed by atoms with E-state index in [0.29, 0.717) is 6.54 Å². The molecule has 0 radical (unpaired) electrons. The summed E-state index contributed by atoms with van der Waals surface area (Å²) >= 11 is 1.79. The van der Waals surface area contributed by atoms with E-state index in [1.807, 2.05) is 6.08 Å². The first-order valence-electron chi connectivity index (χ1n) is 4.33. The third-order valence-electron chi connectivity index (χ3n) is 1.79. The molecule has 1 aromatic rings. The van der Waals surface area contributed by atoms with Gasteiger partial charge in [-0.2, -0.15) is 0 Å². The minimum Gasteiger partial charge on any atom is -0.326 e. The van der Waals surface area contributed by atoms with Crippen molar-refractivity contribution < 1.29 is 0 Å². The zero-order valence-corrected chi connectivity index (χ0v) is 8.81. The van der Waals surface area contributed by atoms with Crippen molar-refractivity contribution in [3.8, 4) is 0 Å². The Bertz CT molecular complexity index is 268. The van der Waals surface area contributed by atoms with Crippen molar-refractivity contribution >= 4 is 11.3 Å². The summed E-state index contributed by atoms with van der Waals surface area (Å²) in [5.41, 5.74) is 5.53. The van der Waals surface area contributed by atoms with E-state index < -0.39 is 0 Å². The first-order chi connectivity index (χ1) is 6.26. The average Bonchev–Trinajstić information content (AvgIpc) is 2.52. The molecule has 0 unspecified atom stereocenters. The molecule has 0 saturated heterocycles. The summed E-state index contributed by atoms with van der Waals surface area (Å²) in [7, 11) is 2.09. The normalized spacial score (nSPS) is 10.7. The predicted molar refractivity (Wildman–Crippen MR) is 58.7 cm³/mol. The molecule has 13 heavy (non-hydrogen) atoms. The Hall–Kier alpha value is -0.640. The van der Waals surface area contributed by atoms with Crippen LogP contribution in [0.4, 0.5) is 0 Å². The van der Waals surface area contributed by atoms with E-state index in [1.165, 1.54) is 9.75 Å². The van der Waals surface area contributed by atoms with Gasteiger partial charge in [-0.25, -0.2) is 0 Å². The fourth-order valence-corrected chi connectivity index (χ4v) is 2.15. The lowest BCUT2D eigenvalue weighted by atomic mass is 10.4. The minimum absolute atomic E-state index is 0.649. The summed E-state index contributed by atoms with van der Waals surface area (Å²) < 4.78 is 0. The lowest BCUT2D eigenvalue weighted by Gasteiger charge is -2.11. The molecule has 0 aliphatic rings. The highest BCUT2D eigenvalue weighted by atomic mass is 32.1. The Kier molecular flexibility index (Phi) is 4.15. The maximum atomic E-state index is 5.53. The molecule has 0 saturated carbocycles. The van der Waals surface area contributed by atoms with Gasteiger partial charge >= 0.3 is 0 Å². The number of nitrogens with zero attached hydrogens (tertiary/aromatic N) is 1. The van der Waals surface area contributed by atoms with Gasteiger partial charge in [-0.05, 0) is 19.2 Å². The summed E-state index contributed by atoms with van der Waals surface area (Å²) in [5.74, 6) is 0. The molecule has 72 valence electrons. The van der Waals surface area contributed by atoms with E-state index in [-0.39, 0.29) is 0 Å². The van der Waals surface area contributed by atoms with Crippen molar-refractivity contribution in [1.29, 1.82) is 0 Å². The van der Waals surface area contributed by atoms with Crippen LogP contribution in [0.1, 0.15) is 9.75 Å². The van der Waals surface area contributed by atoms with Gasteiger partial charge in [0.15, 0.2) is 0 Å². The van der Waals surface area contributed by atoms with Crippen LogP contribution in [0, 0.1) is 0 Å². The van der Waals surface area contributed by atoms with E-state index in [9.17, 15) is 0 Å². The number of hydrogen-bond acceptors (Lipinski definition) is 3. The molecule has 0 amide bonds. The topological polar surface area (TPSA) is 29.3 Å². The fraction of sp³-hybridized carbons (Fsp3) is 0.400. The second-order valence-corrected chi connectivity index (χ2v) is 4.31. The zero-order valence-electron chi connectivity index (χ0n) is 7.99. The molecule has 0 aromatic carbocycles. The van der Waals surface area contributed by atoms with Gasteiger partial charge in [0.1, 0.15) is 0 Å². The zero-order chi connectivity index (χ0) is 9.68. The molecule has 0 fully saturated rings. The van der Waals surface area contributed by atoms with Crippen molar-refractivity contribution in [3.05, 3.63) is 34.5 Å². The predicted octanol–water partition coefficient (Wildman–Crippen LogP) is 1.82. The van der Waals surface area contributed by atoms with Crippen LogP contribution in [0.5, 0.6) is 0 Å². The van der Waals surface area contributed by atoms with Crippen LogP contribution < -0.4 is 5.73 Å². The van der Waals surface area contributed by atoms with E-state index >= 15 is 0 Å². The molecule has 0 aliphatic heterocycles. The molecule has 2 N–H and O–H groups in total. The summed E-state index contributed by atoms with van der Waals surface area (Å²) in [6.07, 6.45) is 1.91. The van der Waals surface area contributed by atoms with E-state index in [4.69, 9.17) is 5.73 Å². The van der Waals surface area contributed by atoms with E-state index in [2.05, 4.69) is 30.7 Å². The van der Waals surface area contributed by atoms with Gasteiger partial charge < -0.3 is 5.73 Å². The first-order valence-corrected chi connectivity index (χ1v) is 5.15. The van der Waals surface area contributed by atoms with Crippen LogP contribution >= 0.6 is 11.3 Å². The van der Waals surface area contributed by atoms with Crippen LogP contribution in [0.25, 0.3) is 0 Å². The Labute approximate surface area is 83.7 Å². The smallest absolute Gasteiger partial charge is 0.0328 e. The Morgan fingerprint density at radius 2 is 2.23 bits per heavy atom. The number of likely N-dealkylation sites (N-methyl/N-ethyl adjacent to an activating group) is 1. The van der Waals surface area contributed by atoms with E-state index in [0.717, 1.165) is 13.1 Å². The summed E-state index contributed by atoms with van der Waals surface area (Å²) in [6, 6.07) is 4.24. The van der Waals surface area contributed by atoms with Gasteiger partial charge in [0.2, 0.25) is 0 Å². The SMILES string of the molecule is C=CCN(C)Cc1ccc(CN)s1. The second-order valence-electron chi connectivity index (χ2n) is 3.06. The van der Waals surface area contributed by atoms with Gasteiger partial charge in [-0.3, -0.25) is 4.90 Å². The minimum atomic E-state index is 0.649. The molecule has 1 aromatic heterocycles. The third-order valence-corrected chi connectivity index (χ3v) is 2.88. The molecular formula is C10H16N2S. The van der Waals surface area contributed by atoms with Gasteiger partial charge in [0, 0.05) is 29.4 Å². The van der Waals surface area contributed by atoms with Gasteiger partial charge in [-0.1, -0.05) is 6.08 Å². The largest absolute Gasteiger partial charge is 0.326 e. The van der Waals surface area contributed by atoms with Crippen molar-refractivity contribution in [3.63, 3.8) is 0 Å². The molecule has 2 nitrogen and oxygen atoms in total. The molecule has 0 spiro atoms. The number of thiophene rings is 1. The van der Waals surface area contributed by atoms with Crippen LogP contribution in [0.15, 0.2) is 24.8 Å². The van der Waals surface area contributed by atoms with Gasteiger partial charge in [0.05, 0.1) is 0 Å². The highest BCUT2D eigenvalue weighted by Gasteiger charge is 2.01. The lowest BCUT2D eigenvalue weighted by Crippen LogP contribution is -2.16. The fourth-order valence-electron chi connectivity index (χ4n) is 1.17. The molecule has 1 heterocycles. The average molecular weight is 196 g/mol.